The summed E-state index contributed by atoms with van der Waals surface area (Å²) in [6.45, 7) is 1.83. The Balaban J connectivity index is 1.80. The smallest absolute Gasteiger partial charge is 0.262 e. The highest BCUT2D eigenvalue weighted by Crippen LogP contribution is 2.21. The van der Waals surface area contributed by atoms with Crippen molar-refractivity contribution < 1.29 is 12.9 Å². The fourth-order valence-corrected chi connectivity index (χ4v) is 3.40. The monoisotopic (exact) mass is 346 g/mol. The molecule has 0 fully saturated rings. The van der Waals surface area contributed by atoms with E-state index < -0.39 is 10.0 Å². The molecular weight excluding hydrogens is 328 g/mol. The summed E-state index contributed by atoms with van der Waals surface area (Å²) >= 11 is 0. The molecule has 2 heterocycles. The lowest BCUT2D eigenvalue weighted by Gasteiger charge is -2.13. The summed E-state index contributed by atoms with van der Waals surface area (Å²) in [6, 6.07) is 11.3. The molecule has 0 amide bonds. The topological polar surface area (TPSA) is 81.2 Å². The molecule has 0 bridgehead atoms. The van der Waals surface area contributed by atoms with Gasteiger partial charge in [0.2, 0.25) is 0 Å². The Morgan fingerprint density at radius 2 is 1.96 bits per heavy atom. The Bertz CT molecular complexity index is 925. The molecule has 0 N–H and O–H groups in total. The molecule has 7 nitrogen and oxygen atoms in total. The predicted octanol–water partition coefficient (Wildman–Crippen LogP) is 2.20. The van der Waals surface area contributed by atoms with Crippen LogP contribution in [0.25, 0.3) is 11.3 Å². The second-order valence-corrected chi connectivity index (χ2v) is 7.53. The Morgan fingerprint density at radius 1 is 1.25 bits per heavy atom. The highest BCUT2D eigenvalue weighted by molar-refractivity contribution is 7.89. The minimum absolute atomic E-state index is 0.0211. The van der Waals surface area contributed by atoms with E-state index in [0.29, 0.717) is 17.3 Å². The molecule has 0 spiro atoms. The van der Waals surface area contributed by atoms with E-state index in [1.54, 1.807) is 24.6 Å². The van der Waals surface area contributed by atoms with E-state index in [9.17, 15) is 8.42 Å². The molecule has 0 aliphatic rings. The molecule has 0 aliphatic carbocycles. The van der Waals surface area contributed by atoms with Crippen molar-refractivity contribution in [2.75, 3.05) is 7.05 Å². The lowest BCUT2D eigenvalue weighted by molar-refractivity contribution is 0.344. The van der Waals surface area contributed by atoms with E-state index in [2.05, 4.69) is 10.1 Å². The van der Waals surface area contributed by atoms with Gasteiger partial charge in [-0.1, -0.05) is 35.5 Å². The first-order valence-electron chi connectivity index (χ1n) is 7.35. The standard InChI is InChI=1S/C16H18N4O3S/c1-12-17-16(11-19(12)2)24(21,22)20(3)10-14-9-15(18-23-14)13-7-5-4-6-8-13/h4-9,11H,10H2,1-3H3. The van der Waals surface area contributed by atoms with E-state index in [0.717, 1.165) is 5.56 Å². The normalized spacial score (nSPS) is 12.0. The van der Waals surface area contributed by atoms with Gasteiger partial charge in [-0.05, 0) is 6.92 Å². The number of sulfonamides is 1. The van der Waals surface area contributed by atoms with E-state index in [1.165, 1.54) is 17.5 Å². The largest absolute Gasteiger partial charge is 0.359 e. The number of benzene rings is 1. The van der Waals surface area contributed by atoms with E-state index >= 15 is 0 Å². The first kappa shape index (κ1) is 16.4. The Kier molecular flexibility index (Phi) is 4.25. The summed E-state index contributed by atoms with van der Waals surface area (Å²) < 4.78 is 33.3. The van der Waals surface area contributed by atoms with Crippen LogP contribution in [0.15, 0.2) is 52.1 Å². The fraction of sp³-hybridized carbons (Fsp3) is 0.250. The molecule has 3 rings (SSSR count). The van der Waals surface area contributed by atoms with Gasteiger partial charge in [-0.3, -0.25) is 0 Å². The number of aromatic nitrogens is 3. The molecule has 0 atom stereocenters. The molecule has 24 heavy (non-hydrogen) atoms. The first-order valence-corrected chi connectivity index (χ1v) is 8.79. The molecule has 2 aromatic heterocycles. The molecule has 0 radical (unpaired) electrons. The predicted molar refractivity (Wildman–Crippen MR) is 88.5 cm³/mol. The summed E-state index contributed by atoms with van der Waals surface area (Å²) in [7, 11) is -0.437. The van der Waals surface area contributed by atoms with Crippen LogP contribution in [0.5, 0.6) is 0 Å². The van der Waals surface area contributed by atoms with Gasteiger partial charge in [0.25, 0.3) is 10.0 Å². The second kappa shape index (κ2) is 6.21. The maximum atomic E-state index is 12.6. The molecule has 3 aromatic rings. The number of imidazole rings is 1. The molecular formula is C16H18N4O3S. The SMILES string of the molecule is Cc1nc(S(=O)(=O)N(C)Cc2cc(-c3ccccc3)no2)cn1C. The van der Waals surface area contributed by atoms with Gasteiger partial charge in [-0.15, -0.1) is 0 Å². The third kappa shape index (κ3) is 3.10. The van der Waals surface area contributed by atoms with Gasteiger partial charge in [0.1, 0.15) is 11.5 Å². The van der Waals surface area contributed by atoms with E-state index in [4.69, 9.17) is 4.52 Å². The van der Waals surface area contributed by atoms with Crippen LogP contribution in [0.2, 0.25) is 0 Å². The van der Waals surface area contributed by atoms with Crippen LogP contribution in [0.1, 0.15) is 11.6 Å². The van der Waals surface area contributed by atoms with Gasteiger partial charge in [0, 0.05) is 31.9 Å². The average Bonchev–Trinajstić information content (AvgIpc) is 3.16. The minimum atomic E-state index is -3.68. The van der Waals surface area contributed by atoms with Crippen molar-refractivity contribution in [3.8, 4) is 11.3 Å². The minimum Gasteiger partial charge on any atom is -0.359 e. The molecule has 8 heteroatoms. The van der Waals surface area contributed by atoms with Crippen molar-refractivity contribution in [2.24, 2.45) is 7.05 Å². The van der Waals surface area contributed by atoms with Crippen molar-refractivity contribution in [2.45, 2.75) is 18.5 Å². The van der Waals surface area contributed by atoms with Gasteiger partial charge >= 0.3 is 0 Å². The van der Waals surface area contributed by atoms with Crippen molar-refractivity contribution in [3.05, 3.63) is 54.2 Å². The summed E-state index contributed by atoms with van der Waals surface area (Å²) in [5, 5.41) is 4.02. The summed E-state index contributed by atoms with van der Waals surface area (Å²) in [5.74, 6) is 1.10. The lowest BCUT2D eigenvalue weighted by atomic mass is 10.1. The zero-order valence-corrected chi connectivity index (χ0v) is 14.5. The Labute approximate surface area is 140 Å². The fourth-order valence-electron chi connectivity index (χ4n) is 2.25. The highest BCUT2D eigenvalue weighted by atomic mass is 32.2. The number of aryl methyl sites for hydroxylation is 2. The van der Waals surface area contributed by atoms with Gasteiger partial charge in [0.15, 0.2) is 10.8 Å². The molecule has 0 saturated carbocycles. The quantitative estimate of drug-likeness (QED) is 0.707. The first-order chi connectivity index (χ1) is 11.4. The summed E-state index contributed by atoms with van der Waals surface area (Å²) in [4.78, 5) is 4.08. The number of hydrogen-bond acceptors (Lipinski definition) is 5. The lowest BCUT2D eigenvalue weighted by Crippen LogP contribution is -2.26. The zero-order valence-electron chi connectivity index (χ0n) is 13.7. The van der Waals surface area contributed by atoms with Gasteiger partial charge in [-0.2, -0.15) is 4.31 Å². The van der Waals surface area contributed by atoms with Crippen LogP contribution in [0.3, 0.4) is 0 Å². The number of hydrogen-bond donors (Lipinski definition) is 0. The maximum absolute atomic E-state index is 12.6. The average molecular weight is 346 g/mol. The molecule has 1 aromatic carbocycles. The van der Waals surface area contributed by atoms with Crippen LogP contribution in [-0.4, -0.2) is 34.5 Å². The second-order valence-electron chi connectivity index (χ2n) is 5.54. The van der Waals surface area contributed by atoms with Crippen LogP contribution in [0, 0.1) is 6.92 Å². The molecule has 0 saturated heterocycles. The van der Waals surface area contributed by atoms with Crippen molar-refractivity contribution in [3.63, 3.8) is 0 Å². The van der Waals surface area contributed by atoms with Crippen molar-refractivity contribution >= 4 is 10.0 Å². The third-order valence-electron chi connectivity index (χ3n) is 3.77. The van der Waals surface area contributed by atoms with Gasteiger partial charge in [0.05, 0.1) is 6.54 Å². The molecule has 0 aliphatic heterocycles. The third-order valence-corrected chi connectivity index (χ3v) is 5.44. The highest BCUT2D eigenvalue weighted by Gasteiger charge is 2.25. The van der Waals surface area contributed by atoms with E-state index in [1.807, 2.05) is 30.3 Å². The van der Waals surface area contributed by atoms with Crippen molar-refractivity contribution in [1.82, 2.24) is 19.0 Å². The van der Waals surface area contributed by atoms with Crippen LogP contribution >= 0.6 is 0 Å². The van der Waals surface area contributed by atoms with Gasteiger partial charge < -0.3 is 9.09 Å². The van der Waals surface area contributed by atoms with Crippen LogP contribution in [0.4, 0.5) is 0 Å². The number of rotatable bonds is 5. The summed E-state index contributed by atoms with van der Waals surface area (Å²) in [6.07, 6.45) is 1.50. The zero-order chi connectivity index (χ0) is 17.3. The number of nitrogens with zero attached hydrogens (tertiary/aromatic N) is 4. The van der Waals surface area contributed by atoms with Crippen LogP contribution in [-0.2, 0) is 23.6 Å². The molecule has 126 valence electrons. The van der Waals surface area contributed by atoms with Crippen molar-refractivity contribution in [1.29, 1.82) is 0 Å². The van der Waals surface area contributed by atoms with Crippen LogP contribution < -0.4 is 0 Å². The Hall–Kier alpha value is -2.45. The summed E-state index contributed by atoms with van der Waals surface area (Å²) in [5.41, 5.74) is 1.59. The maximum Gasteiger partial charge on any atom is 0.262 e. The Morgan fingerprint density at radius 3 is 2.58 bits per heavy atom. The van der Waals surface area contributed by atoms with Gasteiger partial charge in [-0.25, -0.2) is 13.4 Å². The molecule has 0 unspecified atom stereocenters. The van der Waals surface area contributed by atoms with E-state index in [-0.39, 0.29) is 11.6 Å².